The molecule has 1 spiro atoms. The predicted octanol–water partition coefficient (Wildman–Crippen LogP) is 1.98. The molecule has 0 aliphatic carbocycles. The summed E-state index contributed by atoms with van der Waals surface area (Å²) in [5.74, 6) is 3.28. The van der Waals surface area contributed by atoms with E-state index in [2.05, 4.69) is 22.5 Å². The molecule has 1 aromatic carbocycles. The summed E-state index contributed by atoms with van der Waals surface area (Å²) in [5.41, 5.74) is 0.0501. The van der Waals surface area contributed by atoms with Gasteiger partial charge in [-0.05, 0) is 31.9 Å². The average molecular weight is 516 g/mol. The maximum Gasteiger partial charge on any atom is 0.231 e. The van der Waals surface area contributed by atoms with Crippen LogP contribution in [-0.2, 0) is 4.79 Å². The summed E-state index contributed by atoms with van der Waals surface area (Å²) in [6.07, 6.45) is 2.79. The van der Waals surface area contributed by atoms with Crippen LogP contribution in [0.3, 0.4) is 0 Å². The minimum absolute atomic E-state index is 0. The number of guanidine groups is 1. The molecule has 0 aromatic heterocycles. The van der Waals surface area contributed by atoms with Crippen molar-refractivity contribution >= 4 is 35.8 Å². The van der Waals surface area contributed by atoms with Gasteiger partial charge in [0.05, 0.1) is 6.54 Å². The van der Waals surface area contributed by atoms with Crippen molar-refractivity contribution in [2.24, 2.45) is 10.4 Å². The topological polar surface area (TPSA) is 84.4 Å². The number of nitrogens with one attached hydrogen (secondary N) is 2. The zero-order valence-electron chi connectivity index (χ0n) is 16.7. The van der Waals surface area contributed by atoms with Gasteiger partial charge < -0.3 is 29.7 Å². The number of hydrogen-bond donors (Lipinski definition) is 2. The third-order valence-electron chi connectivity index (χ3n) is 5.46. The average Bonchev–Trinajstić information content (AvgIpc) is 3.30. The Hall–Kier alpha value is -1.91. The Balaban J connectivity index is 0.00000240. The van der Waals surface area contributed by atoms with Crippen LogP contribution in [0.25, 0.3) is 0 Å². The lowest BCUT2D eigenvalue weighted by atomic mass is 9.79. The molecular weight excluding hydrogens is 487 g/mol. The first-order chi connectivity index (χ1) is 13.7. The molecule has 2 N–H and O–H groups in total. The van der Waals surface area contributed by atoms with E-state index in [-0.39, 0.29) is 42.1 Å². The SMILES string of the molecule is CCNC(=NCCOc1ccc2c(c1)OCO2)N1CCCC2(CNC(=O)C2)C1.I. The summed E-state index contributed by atoms with van der Waals surface area (Å²) >= 11 is 0. The molecule has 3 aliphatic heterocycles. The molecule has 2 saturated heterocycles. The number of ether oxygens (including phenoxy) is 3. The Morgan fingerprint density at radius 1 is 1.38 bits per heavy atom. The maximum atomic E-state index is 11.7. The first-order valence-corrected chi connectivity index (χ1v) is 10.00. The van der Waals surface area contributed by atoms with E-state index < -0.39 is 0 Å². The molecule has 8 nitrogen and oxygen atoms in total. The Bertz CT molecular complexity index is 760. The quantitative estimate of drug-likeness (QED) is 0.270. The molecule has 1 aromatic rings. The van der Waals surface area contributed by atoms with E-state index in [0.717, 1.165) is 56.5 Å². The number of rotatable bonds is 5. The first-order valence-electron chi connectivity index (χ1n) is 10.00. The summed E-state index contributed by atoms with van der Waals surface area (Å²) in [5, 5.41) is 6.38. The fourth-order valence-electron chi connectivity index (χ4n) is 4.14. The van der Waals surface area contributed by atoms with Gasteiger partial charge in [-0.2, -0.15) is 0 Å². The van der Waals surface area contributed by atoms with Crippen molar-refractivity contribution in [3.63, 3.8) is 0 Å². The largest absolute Gasteiger partial charge is 0.492 e. The van der Waals surface area contributed by atoms with E-state index in [1.165, 1.54) is 0 Å². The normalized spacial score (nSPS) is 23.0. The molecule has 0 bridgehead atoms. The number of amides is 1. The highest BCUT2D eigenvalue weighted by atomic mass is 127. The number of aliphatic imine (C=N–C) groups is 1. The van der Waals surface area contributed by atoms with Crippen molar-refractivity contribution in [2.75, 3.05) is 46.1 Å². The lowest BCUT2D eigenvalue weighted by Gasteiger charge is -2.40. The van der Waals surface area contributed by atoms with E-state index in [1.807, 2.05) is 18.2 Å². The third-order valence-corrected chi connectivity index (χ3v) is 5.46. The Labute approximate surface area is 188 Å². The smallest absolute Gasteiger partial charge is 0.231 e. The highest BCUT2D eigenvalue weighted by molar-refractivity contribution is 14.0. The fraction of sp³-hybridized carbons (Fsp3) is 0.600. The summed E-state index contributed by atoms with van der Waals surface area (Å²) in [6.45, 7) is 6.76. The van der Waals surface area contributed by atoms with E-state index in [1.54, 1.807) is 0 Å². The number of hydrogen-bond acceptors (Lipinski definition) is 5. The number of likely N-dealkylation sites (tertiary alicyclic amines) is 1. The molecule has 2 fully saturated rings. The van der Waals surface area contributed by atoms with E-state index in [0.29, 0.717) is 25.3 Å². The molecule has 3 heterocycles. The molecule has 29 heavy (non-hydrogen) atoms. The van der Waals surface area contributed by atoms with Gasteiger partial charge in [0.25, 0.3) is 0 Å². The molecule has 3 aliphatic rings. The van der Waals surface area contributed by atoms with Crippen molar-refractivity contribution in [3.8, 4) is 17.2 Å². The lowest BCUT2D eigenvalue weighted by Crippen LogP contribution is -2.51. The Morgan fingerprint density at radius 3 is 3.03 bits per heavy atom. The van der Waals surface area contributed by atoms with Gasteiger partial charge in [0, 0.05) is 44.1 Å². The van der Waals surface area contributed by atoms with E-state index >= 15 is 0 Å². The number of piperidine rings is 1. The minimum atomic E-state index is 0. The number of benzene rings is 1. The van der Waals surface area contributed by atoms with Crippen molar-refractivity contribution in [1.82, 2.24) is 15.5 Å². The predicted molar refractivity (Wildman–Crippen MR) is 120 cm³/mol. The molecule has 1 atom stereocenters. The second-order valence-electron chi connectivity index (χ2n) is 7.58. The summed E-state index contributed by atoms with van der Waals surface area (Å²) in [4.78, 5) is 18.8. The highest BCUT2D eigenvalue weighted by Gasteiger charge is 2.42. The van der Waals surface area contributed by atoms with Gasteiger partial charge in [0.2, 0.25) is 12.7 Å². The summed E-state index contributed by atoms with van der Waals surface area (Å²) in [6, 6.07) is 5.58. The number of fused-ring (bicyclic) bond motifs is 1. The zero-order chi connectivity index (χ0) is 19.4. The van der Waals surface area contributed by atoms with Crippen LogP contribution < -0.4 is 24.8 Å². The lowest BCUT2D eigenvalue weighted by molar-refractivity contribution is -0.119. The first kappa shape index (κ1) is 21.8. The number of carbonyl (C=O) groups excluding carboxylic acids is 1. The van der Waals surface area contributed by atoms with Crippen LogP contribution in [-0.4, -0.2) is 62.9 Å². The number of halogens is 1. The molecule has 4 rings (SSSR count). The molecule has 1 amide bonds. The van der Waals surface area contributed by atoms with Crippen LogP contribution in [0, 0.1) is 5.41 Å². The maximum absolute atomic E-state index is 11.7. The molecule has 160 valence electrons. The van der Waals surface area contributed by atoms with Crippen LogP contribution in [0.15, 0.2) is 23.2 Å². The van der Waals surface area contributed by atoms with Gasteiger partial charge in [-0.1, -0.05) is 0 Å². The second-order valence-corrected chi connectivity index (χ2v) is 7.58. The van der Waals surface area contributed by atoms with E-state index in [4.69, 9.17) is 19.2 Å². The van der Waals surface area contributed by atoms with Crippen LogP contribution in [0.1, 0.15) is 26.2 Å². The van der Waals surface area contributed by atoms with Crippen molar-refractivity contribution in [1.29, 1.82) is 0 Å². The summed E-state index contributed by atoms with van der Waals surface area (Å²) < 4.78 is 16.5. The van der Waals surface area contributed by atoms with Crippen molar-refractivity contribution in [2.45, 2.75) is 26.2 Å². The van der Waals surface area contributed by atoms with Crippen molar-refractivity contribution in [3.05, 3.63) is 18.2 Å². The van der Waals surface area contributed by atoms with Crippen LogP contribution in [0.2, 0.25) is 0 Å². The van der Waals surface area contributed by atoms with Crippen LogP contribution >= 0.6 is 24.0 Å². The van der Waals surface area contributed by atoms with Gasteiger partial charge in [-0.25, -0.2) is 4.99 Å². The number of carbonyl (C=O) groups is 1. The second kappa shape index (κ2) is 9.73. The van der Waals surface area contributed by atoms with Gasteiger partial charge in [0.15, 0.2) is 17.5 Å². The molecule has 0 saturated carbocycles. The van der Waals surface area contributed by atoms with Crippen LogP contribution in [0.4, 0.5) is 0 Å². The van der Waals surface area contributed by atoms with Gasteiger partial charge in [0.1, 0.15) is 12.4 Å². The Morgan fingerprint density at radius 2 is 2.24 bits per heavy atom. The molecule has 0 radical (unpaired) electrons. The van der Waals surface area contributed by atoms with Crippen LogP contribution in [0.5, 0.6) is 17.2 Å². The fourth-order valence-corrected chi connectivity index (χ4v) is 4.14. The van der Waals surface area contributed by atoms with E-state index in [9.17, 15) is 4.79 Å². The Kier molecular flexibility index (Phi) is 7.31. The zero-order valence-corrected chi connectivity index (χ0v) is 19.1. The monoisotopic (exact) mass is 516 g/mol. The number of nitrogens with zero attached hydrogens (tertiary/aromatic N) is 2. The minimum Gasteiger partial charge on any atom is -0.492 e. The molecular formula is C20H29IN4O4. The highest BCUT2D eigenvalue weighted by Crippen LogP contribution is 2.36. The summed E-state index contributed by atoms with van der Waals surface area (Å²) in [7, 11) is 0. The van der Waals surface area contributed by atoms with Gasteiger partial charge >= 0.3 is 0 Å². The van der Waals surface area contributed by atoms with Gasteiger partial charge in [-0.3, -0.25) is 4.79 Å². The molecule has 1 unspecified atom stereocenters. The van der Waals surface area contributed by atoms with Gasteiger partial charge in [-0.15, -0.1) is 24.0 Å². The van der Waals surface area contributed by atoms with Crippen molar-refractivity contribution < 1.29 is 19.0 Å². The molecule has 9 heteroatoms. The third kappa shape index (κ3) is 5.18. The standard InChI is InChI=1S/C20H28N4O4.HI/c1-2-21-19(24-8-3-6-20(13-24)11-18(25)23-12-20)22-7-9-26-15-4-5-16-17(10-15)28-14-27-16;/h4-5,10H,2-3,6-9,11-14H2,1H3,(H,21,22)(H,23,25);1H.